The smallest absolute Gasteiger partial charge is 0.262 e. The number of hydrogen-bond donors (Lipinski definition) is 1. The van der Waals surface area contributed by atoms with E-state index in [2.05, 4.69) is 5.32 Å². The van der Waals surface area contributed by atoms with Crippen LogP contribution in [0.3, 0.4) is 0 Å². The average molecular weight is 354 g/mol. The molecule has 0 aromatic heterocycles. The maximum Gasteiger partial charge on any atom is 0.262 e. The van der Waals surface area contributed by atoms with Crippen molar-refractivity contribution >= 4 is 23.2 Å². The van der Waals surface area contributed by atoms with Gasteiger partial charge in [0.1, 0.15) is 0 Å². The molecular weight excluding hydrogens is 332 g/mol. The van der Waals surface area contributed by atoms with Crippen LogP contribution >= 0.6 is 0 Å². The molecule has 1 N–H and O–H groups in total. The van der Waals surface area contributed by atoms with Crippen molar-refractivity contribution in [2.75, 3.05) is 30.5 Å². The van der Waals surface area contributed by atoms with E-state index in [-0.39, 0.29) is 18.4 Å². The van der Waals surface area contributed by atoms with Gasteiger partial charge in [-0.2, -0.15) is 0 Å². The molecule has 136 valence electrons. The van der Waals surface area contributed by atoms with Gasteiger partial charge < -0.3 is 19.7 Å². The van der Waals surface area contributed by atoms with E-state index in [0.717, 1.165) is 24.2 Å². The van der Waals surface area contributed by atoms with Crippen molar-refractivity contribution in [3.8, 4) is 11.5 Å². The van der Waals surface area contributed by atoms with Gasteiger partial charge >= 0.3 is 0 Å². The fraction of sp³-hybridized carbons (Fsp3) is 0.300. The molecule has 1 aliphatic heterocycles. The molecule has 26 heavy (non-hydrogen) atoms. The number of ether oxygens (including phenoxy) is 2. The number of benzene rings is 2. The van der Waals surface area contributed by atoms with Gasteiger partial charge in [0.05, 0.1) is 7.11 Å². The summed E-state index contributed by atoms with van der Waals surface area (Å²) in [5.74, 6) is 0.994. The number of methoxy groups -OCH3 is 1. The Balaban J connectivity index is 1.56. The molecule has 6 nitrogen and oxygen atoms in total. The van der Waals surface area contributed by atoms with E-state index >= 15 is 0 Å². The van der Waals surface area contributed by atoms with Crippen molar-refractivity contribution < 1.29 is 19.1 Å². The van der Waals surface area contributed by atoms with Gasteiger partial charge in [0.25, 0.3) is 5.91 Å². The van der Waals surface area contributed by atoms with Gasteiger partial charge in [-0.05, 0) is 55.3 Å². The summed E-state index contributed by atoms with van der Waals surface area (Å²) in [5.41, 5.74) is 2.56. The van der Waals surface area contributed by atoms with E-state index in [0.29, 0.717) is 23.6 Å². The zero-order valence-electron chi connectivity index (χ0n) is 15.0. The Hall–Kier alpha value is -3.02. The SMILES string of the molecule is COc1cc(C)ccc1OCC(=O)Nc1ccc(N2CCCC2=O)cc1. The molecule has 6 heteroatoms. The predicted molar refractivity (Wildman–Crippen MR) is 99.9 cm³/mol. The lowest BCUT2D eigenvalue weighted by molar-refractivity contribution is -0.118. The number of hydrogen-bond acceptors (Lipinski definition) is 4. The van der Waals surface area contributed by atoms with Crippen molar-refractivity contribution in [1.82, 2.24) is 0 Å². The molecule has 1 aliphatic rings. The monoisotopic (exact) mass is 354 g/mol. The molecule has 0 spiro atoms. The quantitative estimate of drug-likeness (QED) is 0.865. The molecule has 1 saturated heterocycles. The van der Waals surface area contributed by atoms with Gasteiger partial charge in [-0.1, -0.05) is 6.07 Å². The molecular formula is C20H22N2O4. The minimum absolute atomic E-state index is 0.119. The van der Waals surface area contributed by atoms with Gasteiger partial charge in [0, 0.05) is 24.3 Å². The first-order valence-corrected chi connectivity index (χ1v) is 8.54. The van der Waals surface area contributed by atoms with Crippen LogP contribution in [0.5, 0.6) is 11.5 Å². The molecule has 2 amide bonds. The predicted octanol–water partition coefficient (Wildman–Crippen LogP) is 3.15. The van der Waals surface area contributed by atoms with Crippen LogP contribution < -0.4 is 19.7 Å². The Bertz CT molecular complexity index is 802. The van der Waals surface area contributed by atoms with Gasteiger partial charge in [-0.15, -0.1) is 0 Å². The molecule has 2 aromatic rings. The molecule has 3 rings (SSSR count). The molecule has 0 radical (unpaired) electrons. The Labute approximate surface area is 152 Å². The van der Waals surface area contributed by atoms with E-state index in [9.17, 15) is 9.59 Å². The fourth-order valence-electron chi connectivity index (χ4n) is 2.88. The average Bonchev–Trinajstić information content (AvgIpc) is 3.07. The maximum absolute atomic E-state index is 12.1. The third kappa shape index (κ3) is 4.14. The van der Waals surface area contributed by atoms with Crippen LogP contribution in [0.1, 0.15) is 18.4 Å². The van der Waals surface area contributed by atoms with E-state index in [1.165, 1.54) is 0 Å². The summed E-state index contributed by atoms with van der Waals surface area (Å²) in [6.45, 7) is 2.58. The molecule has 0 aliphatic carbocycles. The van der Waals surface area contributed by atoms with Crippen LogP contribution in [0.15, 0.2) is 42.5 Å². The Morgan fingerprint density at radius 3 is 2.58 bits per heavy atom. The number of anilines is 2. The van der Waals surface area contributed by atoms with Gasteiger partial charge in [-0.25, -0.2) is 0 Å². The summed E-state index contributed by atoms with van der Waals surface area (Å²) in [6.07, 6.45) is 1.48. The molecule has 0 bridgehead atoms. The number of nitrogens with zero attached hydrogens (tertiary/aromatic N) is 1. The lowest BCUT2D eigenvalue weighted by Gasteiger charge is -2.16. The number of amides is 2. The Morgan fingerprint density at radius 1 is 1.15 bits per heavy atom. The van der Waals surface area contributed by atoms with Crippen LogP contribution in [0.25, 0.3) is 0 Å². The highest BCUT2D eigenvalue weighted by atomic mass is 16.5. The van der Waals surface area contributed by atoms with Crippen molar-refractivity contribution in [1.29, 1.82) is 0 Å². The minimum atomic E-state index is -0.266. The van der Waals surface area contributed by atoms with Gasteiger partial charge in [-0.3, -0.25) is 9.59 Å². The number of rotatable bonds is 6. The highest BCUT2D eigenvalue weighted by Crippen LogP contribution is 2.28. The molecule has 0 saturated carbocycles. The lowest BCUT2D eigenvalue weighted by Crippen LogP contribution is -2.23. The van der Waals surface area contributed by atoms with Crippen molar-refractivity contribution in [2.24, 2.45) is 0 Å². The Morgan fingerprint density at radius 2 is 1.92 bits per heavy atom. The lowest BCUT2D eigenvalue weighted by atomic mass is 10.2. The first-order chi connectivity index (χ1) is 12.6. The summed E-state index contributed by atoms with van der Waals surface area (Å²) in [4.78, 5) is 25.6. The summed E-state index contributed by atoms with van der Waals surface area (Å²) in [5, 5.41) is 2.78. The minimum Gasteiger partial charge on any atom is -0.493 e. The second kappa shape index (κ2) is 7.91. The standard InChI is InChI=1S/C20H22N2O4/c1-14-5-10-17(18(12-14)25-2)26-13-19(23)21-15-6-8-16(9-7-15)22-11-3-4-20(22)24/h5-10,12H,3-4,11,13H2,1-2H3,(H,21,23). The number of carbonyl (C=O) groups excluding carboxylic acids is 2. The highest BCUT2D eigenvalue weighted by molar-refractivity contribution is 5.96. The second-order valence-corrected chi connectivity index (χ2v) is 6.19. The van der Waals surface area contributed by atoms with Crippen LogP contribution in [-0.2, 0) is 9.59 Å². The fourth-order valence-corrected chi connectivity index (χ4v) is 2.88. The van der Waals surface area contributed by atoms with Crippen molar-refractivity contribution in [2.45, 2.75) is 19.8 Å². The first-order valence-electron chi connectivity index (χ1n) is 8.54. The topological polar surface area (TPSA) is 67.9 Å². The third-order valence-corrected chi connectivity index (χ3v) is 4.21. The van der Waals surface area contributed by atoms with Gasteiger partial charge in [0.2, 0.25) is 5.91 Å². The Kier molecular flexibility index (Phi) is 5.41. The van der Waals surface area contributed by atoms with E-state index in [1.54, 1.807) is 30.2 Å². The van der Waals surface area contributed by atoms with E-state index < -0.39 is 0 Å². The maximum atomic E-state index is 12.1. The number of carbonyl (C=O) groups is 2. The van der Waals surface area contributed by atoms with E-state index in [1.807, 2.05) is 31.2 Å². The van der Waals surface area contributed by atoms with Crippen molar-refractivity contribution in [3.63, 3.8) is 0 Å². The largest absolute Gasteiger partial charge is 0.493 e. The van der Waals surface area contributed by atoms with E-state index in [4.69, 9.17) is 9.47 Å². The highest BCUT2D eigenvalue weighted by Gasteiger charge is 2.21. The summed E-state index contributed by atoms with van der Waals surface area (Å²) in [6, 6.07) is 12.8. The number of nitrogens with one attached hydrogen (secondary N) is 1. The molecule has 2 aromatic carbocycles. The van der Waals surface area contributed by atoms with Crippen molar-refractivity contribution in [3.05, 3.63) is 48.0 Å². The number of aryl methyl sites for hydroxylation is 1. The summed E-state index contributed by atoms with van der Waals surface area (Å²) in [7, 11) is 1.56. The zero-order valence-corrected chi connectivity index (χ0v) is 15.0. The second-order valence-electron chi connectivity index (χ2n) is 6.19. The third-order valence-electron chi connectivity index (χ3n) is 4.21. The van der Waals surface area contributed by atoms with Crippen LogP contribution in [0.2, 0.25) is 0 Å². The normalized spacial score (nSPS) is 13.6. The molecule has 1 heterocycles. The van der Waals surface area contributed by atoms with Crippen LogP contribution in [0.4, 0.5) is 11.4 Å². The van der Waals surface area contributed by atoms with Crippen LogP contribution in [0, 0.1) is 6.92 Å². The van der Waals surface area contributed by atoms with Gasteiger partial charge in [0.15, 0.2) is 18.1 Å². The molecule has 1 fully saturated rings. The molecule has 0 atom stereocenters. The zero-order chi connectivity index (χ0) is 18.5. The summed E-state index contributed by atoms with van der Waals surface area (Å²) >= 11 is 0. The summed E-state index contributed by atoms with van der Waals surface area (Å²) < 4.78 is 10.8. The van der Waals surface area contributed by atoms with Crippen LogP contribution in [-0.4, -0.2) is 32.1 Å². The molecule has 0 unspecified atom stereocenters. The first kappa shape index (κ1) is 17.8.